The van der Waals surface area contributed by atoms with Crippen molar-refractivity contribution in [1.29, 1.82) is 0 Å². The molecule has 0 spiro atoms. The molecule has 28 heavy (non-hydrogen) atoms. The number of anilines is 1. The number of hydrogen-bond donors (Lipinski definition) is 1. The van der Waals surface area contributed by atoms with E-state index in [1.54, 1.807) is 0 Å². The minimum atomic E-state index is -3.53. The summed E-state index contributed by atoms with van der Waals surface area (Å²) in [6.45, 7) is 11.4. The van der Waals surface area contributed by atoms with Crippen LogP contribution in [0.4, 0.5) is 5.69 Å². The molecule has 0 saturated carbocycles. The zero-order chi connectivity index (χ0) is 20.3. The van der Waals surface area contributed by atoms with Gasteiger partial charge in [-0.05, 0) is 74.1 Å². The number of ether oxygens (including phenoxy) is 1. The maximum atomic E-state index is 12.9. The summed E-state index contributed by atoms with van der Waals surface area (Å²) >= 11 is 0. The summed E-state index contributed by atoms with van der Waals surface area (Å²) < 4.78 is 34.0. The number of morpholine rings is 1. The molecule has 0 unspecified atom stereocenters. The predicted molar refractivity (Wildman–Crippen MR) is 114 cm³/mol. The van der Waals surface area contributed by atoms with Crippen molar-refractivity contribution in [3.63, 3.8) is 0 Å². The van der Waals surface area contributed by atoms with E-state index in [0.717, 1.165) is 54.1 Å². The second-order valence-electron chi connectivity index (χ2n) is 7.50. The molecule has 1 aliphatic heterocycles. The van der Waals surface area contributed by atoms with Crippen molar-refractivity contribution in [2.24, 2.45) is 0 Å². The Bertz CT molecular complexity index is 905. The van der Waals surface area contributed by atoms with Crippen LogP contribution in [0.5, 0.6) is 0 Å². The van der Waals surface area contributed by atoms with Crippen molar-refractivity contribution >= 4 is 15.7 Å². The lowest BCUT2D eigenvalue weighted by atomic mass is 10.0. The zero-order valence-electron chi connectivity index (χ0n) is 17.2. The number of benzene rings is 2. The Morgan fingerprint density at radius 3 is 2.11 bits per heavy atom. The Kier molecular flexibility index (Phi) is 6.43. The summed E-state index contributed by atoms with van der Waals surface area (Å²) in [5, 5.41) is 0. The molecule has 3 rings (SSSR count). The Balaban J connectivity index is 1.64. The van der Waals surface area contributed by atoms with E-state index in [1.165, 1.54) is 5.69 Å². The third kappa shape index (κ3) is 4.57. The van der Waals surface area contributed by atoms with Gasteiger partial charge in [-0.2, -0.15) is 0 Å². The summed E-state index contributed by atoms with van der Waals surface area (Å²) in [6.07, 6.45) is 0.658. The highest BCUT2D eigenvalue weighted by atomic mass is 32.2. The molecule has 0 amide bonds. The van der Waals surface area contributed by atoms with Crippen LogP contribution in [0, 0.1) is 27.7 Å². The topological polar surface area (TPSA) is 58.6 Å². The van der Waals surface area contributed by atoms with Gasteiger partial charge in [0, 0.05) is 25.3 Å². The van der Waals surface area contributed by atoms with Gasteiger partial charge >= 0.3 is 0 Å². The van der Waals surface area contributed by atoms with Crippen molar-refractivity contribution in [2.75, 3.05) is 37.7 Å². The molecule has 6 heteroatoms. The number of sulfonamides is 1. The first-order chi connectivity index (χ1) is 13.3. The van der Waals surface area contributed by atoms with Gasteiger partial charge in [-0.3, -0.25) is 0 Å². The fourth-order valence-corrected chi connectivity index (χ4v) is 5.32. The van der Waals surface area contributed by atoms with Crippen LogP contribution in [-0.2, 0) is 21.2 Å². The van der Waals surface area contributed by atoms with Crippen LogP contribution in [0.25, 0.3) is 0 Å². The summed E-state index contributed by atoms with van der Waals surface area (Å²) in [5.41, 5.74) is 5.96. The summed E-state index contributed by atoms with van der Waals surface area (Å²) in [6, 6.07) is 10.4. The largest absolute Gasteiger partial charge is 0.378 e. The Hall–Kier alpha value is -1.89. The fourth-order valence-electron chi connectivity index (χ4n) is 3.68. The third-order valence-corrected chi connectivity index (χ3v) is 7.32. The molecule has 1 N–H and O–H groups in total. The SMILES string of the molecule is Cc1cc(C)c(C)c(S(=O)(=O)NCCc2ccc(N3CCOCC3)cc2)c1C. The van der Waals surface area contributed by atoms with Crippen molar-refractivity contribution < 1.29 is 13.2 Å². The molecule has 0 aromatic heterocycles. The predicted octanol–water partition coefficient (Wildman–Crippen LogP) is 3.28. The molecule has 1 saturated heterocycles. The van der Waals surface area contributed by atoms with E-state index in [9.17, 15) is 8.42 Å². The third-order valence-electron chi connectivity index (χ3n) is 5.58. The summed E-state index contributed by atoms with van der Waals surface area (Å²) in [7, 11) is -3.53. The van der Waals surface area contributed by atoms with E-state index in [1.807, 2.05) is 33.8 Å². The number of nitrogens with zero attached hydrogens (tertiary/aromatic N) is 1. The molecule has 5 nitrogen and oxygen atoms in total. The van der Waals surface area contributed by atoms with E-state index in [4.69, 9.17) is 4.74 Å². The van der Waals surface area contributed by atoms with Crippen molar-refractivity contribution in [2.45, 2.75) is 39.0 Å². The first-order valence-corrected chi connectivity index (χ1v) is 11.3. The van der Waals surface area contributed by atoms with Crippen LogP contribution in [0.3, 0.4) is 0 Å². The fraction of sp³-hybridized carbons (Fsp3) is 0.455. The van der Waals surface area contributed by atoms with Gasteiger partial charge in [0.15, 0.2) is 0 Å². The van der Waals surface area contributed by atoms with Gasteiger partial charge in [-0.15, -0.1) is 0 Å². The lowest BCUT2D eigenvalue weighted by Crippen LogP contribution is -2.36. The van der Waals surface area contributed by atoms with Crippen molar-refractivity contribution in [1.82, 2.24) is 4.72 Å². The first-order valence-electron chi connectivity index (χ1n) is 9.78. The minimum absolute atomic E-state index is 0.380. The number of hydrogen-bond acceptors (Lipinski definition) is 4. The van der Waals surface area contributed by atoms with Crippen LogP contribution in [-0.4, -0.2) is 41.3 Å². The number of nitrogens with one attached hydrogen (secondary N) is 1. The van der Waals surface area contributed by atoms with Crippen LogP contribution in [0.1, 0.15) is 27.8 Å². The molecular weight excluding hydrogens is 372 g/mol. The highest BCUT2D eigenvalue weighted by Crippen LogP contribution is 2.26. The smallest absolute Gasteiger partial charge is 0.241 e. The quantitative estimate of drug-likeness (QED) is 0.806. The Labute approximate surface area is 168 Å². The van der Waals surface area contributed by atoms with Gasteiger partial charge < -0.3 is 9.64 Å². The van der Waals surface area contributed by atoms with Gasteiger partial charge in [0.2, 0.25) is 10.0 Å². The molecule has 2 aromatic rings. The lowest BCUT2D eigenvalue weighted by molar-refractivity contribution is 0.122. The molecule has 1 fully saturated rings. The molecule has 0 atom stereocenters. The standard InChI is InChI=1S/C22H30N2O3S/c1-16-15-17(2)19(4)22(18(16)3)28(25,26)23-10-9-20-5-7-21(8-6-20)24-11-13-27-14-12-24/h5-8,15,23H,9-14H2,1-4H3. The van der Waals surface area contributed by atoms with E-state index in [-0.39, 0.29) is 0 Å². The van der Waals surface area contributed by atoms with Gasteiger partial charge in [-0.25, -0.2) is 13.1 Å². The van der Waals surface area contributed by atoms with Gasteiger partial charge in [0.25, 0.3) is 0 Å². The Morgan fingerprint density at radius 2 is 1.54 bits per heavy atom. The van der Waals surface area contributed by atoms with Crippen LogP contribution in [0.15, 0.2) is 35.2 Å². The van der Waals surface area contributed by atoms with E-state index in [2.05, 4.69) is 33.9 Å². The van der Waals surface area contributed by atoms with Crippen LogP contribution in [0.2, 0.25) is 0 Å². The average Bonchev–Trinajstić information content (AvgIpc) is 2.67. The summed E-state index contributed by atoms with van der Waals surface area (Å²) in [5.74, 6) is 0. The van der Waals surface area contributed by atoms with E-state index >= 15 is 0 Å². The van der Waals surface area contributed by atoms with Gasteiger partial charge in [-0.1, -0.05) is 18.2 Å². The minimum Gasteiger partial charge on any atom is -0.378 e. The van der Waals surface area contributed by atoms with Gasteiger partial charge in [0.05, 0.1) is 18.1 Å². The molecule has 0 bridgehead atoms. The second-order valence-corrected chi connectivity index (χ2v) is 9.21. The lowest BCUT2D eigenvalue weighted by Gasteiger charge is -2.28. The maximum absolute atomic E-state index is 12.9. The second kappa shape index (κ2) is 8.64. The first kappa shape index (κ1) is 20.8. The van der Waals surface area contributed by atoms with Crippen molar-refractivity contribution in [3.8, 4) is 0 Å². The molecule has 0 aliphatic carbocycles. The van der Waals surface area contributed by atoms with E-state index < -0.39 is 10.0 Å². The highest BCUT2D eigenvalue weighted by Gasteiger charge is 2.21. The summed E-state index contributed by atoms with van der Waals surface area (Å²) in [4.78, 5) is 2.73. The van der Waals surface area contributed by atoms with Crippen molar-refractivity contribution in [3.05, 3.63) is 58.1 Å². The zero-order valence-corrected chi connectivity index (χ0v) is 18.0. The average molecular weight is 403 g/mol. The molecule has 0 radical (unpaired) electrons. The molecule has 1 heterocycles. The monoisotopic (exact) mass is 402 g/mol. The molecular formula is C22H30N2O3S. The molecule has 2 aromatic carbocycles. The van der Waals surface area contributed by atoms with Crippen LogP contribution < -0.4 is 9.62 Å². The van der Waals surface area contributed by atoms with Crippen LogP contribution >= 0.6 is 0 Å². The molecule has 1 aliphatic rings. The van der Waals surface area contributed by atoms with E-state index in [0.29, 0.717) is 17.9 Å². The highest BCUT2D eigenvalue weighted by molar-refractivity contribution is 7.89. The molecule has 152 valence electrons. The van der Waals surface area contributed by atoms with Gasteiger partial charge in [0.1, 0.15) is 0 Å². The number of aryl methyl sites for hydroxylation is 2. The number of rotatable bonds is 6. The normalized spacial score (nSPS) is 15.1. The Morgan fingerprint density at radius 1 is 0.964 bits per heavy atom. The maximum Gasteiger partial charge on any atom is 0.241 e.